The van der Waals surface area contributed by atoms with Gasteiger partial charge in [0.1, 0.15) is 0 Å². The van der Waals surface area contributed by atoms with E-state index in [1.807, 2.05) is 0 Å². The molecule has 0 fully saturated rings. The number of anilines is 1. The minimum Gasteiger partial charge on any atom is -0.399 e. The smallest absolute Gasteiger partial charge is 0.252 e. The lowest BCUT2D eigenvalue weighted by molar-refractivity contribution is 0.0963. The standard InChI is InChI=1S/C8H9ClN2O/c1-11-8(12)6-3-2-5(10)4-7(6)9/h2-4H,10H2,1H3,(H,11,12). The molecule has 1 rings (SSSR count). The maximum atomic E-state index is 11.1. The van der Waals surface area contributed by atoms with Crippen LogP contribution in [0.4, 0.5) is 5.69 Å². The first-order chi connectivity index (χ1) is 5.65. The zero-order chi connectivity index (χ0) is 9.14. The van der Waals surface area contributed by atoms with Crippen LogP contribution in [0.5, 0.6) is 0 Å². The third-order valence-corrected chi connectivity index (χ3v) is 1.78. The Morgan fingerprint density at radius 3 is 2.75 bits per heavy atom. The van der Waals surface area contributed by atoms with Gasteiger partial charge in [-0.2, -0.15) is 0 Å². The van der Waals surface area contributed by atoms with Gasteiger partial charge in [0.25, 0.3) is 5.91 Å². The summed E-state index contributed by atoms with van der Waals surface area (Å²) in [4.78, 5) is 11.1. The normalized spacial score (nSPS) is 9.50. The predicted octanol–water partition coefficient (Wildman–Crippen LogP) is 1.28. The average molecular weight is 185 g/mol. The van der Waals surface area contributed by atoms with Gasteiger partial charge in [-0.05, 0) is 18.2 Å². The first kappa shape index (κ1) is 8.87. The van der Waals surface area contributed by atoms with Gasteiger partial charge in [-0.15, -0.1) is 0 Å². The summed E-state index contributed by atoms with van der Waals surface area (Å²) in [6.45, 7) is 0. The van der Waals surface area contributed by atoms with Crippen molar-refractivity contribution < 1.29 is 4.79 Å². The van der Waals surface area contributed by atoms with Crippen molar-refractivity contribution in [2.24, 2.45) is 0 Å². The predicted molar refractivity (Wildman–Crippen MR) is 49.3 cm³/mol. The number of nitrogens with two attached hydrogens (primary N) is 1. The van der Waals surface area contributed by atoms with E-state index in [2.05, 4.69) is 5.32 Å². The molecule has 0 unspecified atom stereocenters. The highest BCUT2D eigenvalue weighted by atomic mass is 35.5. The molecule has 1 aromatic carbocycles. The van der Waals surface area contributed by atoms with Gasteiger partial charge in [0.05, 0.1) is 10.6 Å². The molecule has 64 valence electrons. The zero-order valence-corrected chi connectivity index (χ0v) is 7.35. The van der Waals surface area contributed by atoms with Crippen molar-refractivity contribution in [2.75, 3.05) is 12.8 Å². The third kappa shape index (κ3) is 1.68. The van der Waals surface area contributed by atoms with Gasteiger partial charge in [0, 0.05) is 12.7 Å². The van der Waals surface area contributed by atoms with Crippen LogP contribution in [0.25, 0.3) is 0 Å². The summed E-state index contributed by atoms with van der Waals surface area (Å²) in [5, 5.41) is 2.85. The molecule has 4 heteroatoms. The van der Waals surface area contributed by atoms with Crippen LogP contribution in [0, 0.1) is 0 Å². The Morgan fingerprint density at radius 2 is 2.25 bits per heavy atom. The van der Waals surface area contributed by atoms with Gasteiger partial charge in [0.2, 0.25) is 0 Å². The van der Waals surface area contributed by atoms with Crippen LogP contribution in [0.15, 0.2) is 18.2 Å². The maximum absolute atomic E-state index is 11.1. The Hall–Kier alpha value is -1.22. The largest absolute Gasteiger partial charge is 0.399 e. The number of carbonyl (C=O) groups is 1. The third-order valence-electron chi connectivity index (χ3n) is 1.46. The second kappa shape index (κ2) is 3.45. The van der Waals surface area contributed by atoms with E-state index in [-0.39, 0.29) is 5.91 Å². The minimum atomic E-state index is -0.208. The first-order valence-corrected chi connectivity index (χ1v) is 3.80. The number of benzene rings is 1. The maximum Gasteiger partial charge on any atom is 0.252 e. The summed E-state index contributed by atoms with van der Waals surface area (Å²) in [7, 11) is 1.55. The number of halogens is 1. The highest BCUT2D eigenvalue weighted by molar-refractivity contribution is 6.34. The lowest BCUT2D eigenvalue weighted by Gasteiger charge is -2.02. The van der Waals surface area contributed by atoms with E-state index < -0.39 is 0 Å². The number of nitrogens with one attached hydrogen (secondary N) is 1. The summed E-state index contributed by atoms with van der Waals surface area (Å²) in [6, 6.07) is 4.78. The highest BCUT2D eigenvalue weighted by Crippen LogP contribution is 2.18. The Balaban J connectivity index is 3.09. The average Bonchev–Trinajstić information content (AvgIpc) is 2.03. The number of hydrogen-bond acceptors (Lipinski definition) is 2. The summed E-state index contributed by atoms with van der Waals surface area (Å²) in [5.74, 6) is -0.208. The molecule has 12 heavy (non-hydrogen) atoms. The summed E-state index contributed by atoms with van der Waals surface area (Å²) in [5.41, 5.74) is 6.44. The zero-order valence-electron chi connectivity index (χ0n) is 6.60. The number of hydrogen-bond donors (Lipinski definition) is 2. The summed E-state index contributed by atoms with van der Waals surface area (Å²) >= 11 is 5.76. The molecule has 0 aliphatic rings. The van der Waals surface area contributed by atoms with Crippen LogP contribution in [0.3, 0.4) is 0 Å². The molecule has 3 nitrogen and oxygen atoms in total. The number of carbonyl (C=O) groups excluding carboxylic acids is 1. The van der Waals surface area contributed by atoms with E-state index in [4.69, 9.17) is 17.3 Å². The van der Waals surface area contributed by atoms with Crippen molar-refractivity contribution >= 4 is 23.2 Å². The van der Waals surface area contributed by atoms with Gasteiger partial charge >= 0.3 is 0 Å². The van der Waals surface area contributed by atoms with Gasteiger partial charge in [-0.25, -0.2) is 0 Å². The molecular formula is C8H9ClN2O. The molecule has 0 bridgehead atoms. The van der Waals surface area contributed by atoms with Crippen molar-refractivity contribution in [3.63, 3.8) is 0 Å². The highest BCUT2D eigenvalue weighted by Gasteiger charge is 2.07. The second-order valence-corrected chi connectivity index (χ2v) is 2.73. The quantitative estimate of drug-likeness (QED) is 0.646. The summed E-state index contributed by atoms with van der Waals surface area (Å²) in [6.07, 6.45) is 0. The lowest BCUT2D eigenvalue weighted by Crippen LogP contribution is -2.18. The lowest BCUT2D eigenvalue weighted by atomic mass is 10.2. The number of nitrogen functional groups attached to an aromatic ring is 1. The molecule has 0 aliphatic carbocycles. The molecule has 0 saturated heterocycles. The molecule has 0 radical (unpaired) electrons. The van der Waals surface area contributed by atoms with Gasteiger partial charge in [-0.3, -0.25) is 4.79 Å². The van der Waals surface area contributed by atoms with E-state index in [1.165, 1.54) is 0 Å². The van der Waals surface area contributed by atoms with Gasteiger partial charge in [0.15, 0.2) is 0 Å². The molecule has 0 aromatic heterocycles. The number of rotatable bonds is 1. The molecule has 0 saturated carbocycles. The van der Waals surface area contributed by atoms with E-state index in [0.29, 0.717) is 16.3 Å². The molecule has 0 aliphatic heterocycles. The van der Waals surface area contributed by atoms with Crippen LogP contribution in [-0.2, 0) is 0 Å². The Bertz CT molecular complexity index is 312. The fourth-order valence-electron chi connectivity index (χ4n) is 0.850. The molecule has 3 N–H and O–H groups in total. The van der Waals surface area contributed by atoms with Crippen molar-refractivity contribution in [3.8, 4) is 0 Å². The molecule has 1 aromatic rings. The van der Waals surface area contributed by atoms with Crippen LogP contribution >= 0.6 is 11.6 Å². The fraction of sp³-hybridized carbons (Fsp3) is 0.125. The Labute approximate surface area is 75.5 Å². The van der Waals surface area contributed by atoms with Gasteiger partial charge < -0.3 is 11.1 Å². The SMILES string of the molecule is CNC(=O)c1ccc(N)cc1Cl. The topological polar surface area (TPSA) is 55.1 Å². The molecule has 1 amide bonds. The molecular weight excluding hydrogens is 176 g/mol. The van der Waals surface area contributed by atoms with Gasteiger partial charge in [-0.1, -0.05) is 11.6 Å². The summed E-state index contributed by atoms with van der Waals surface area (Å²) < 4.78 is 0. The second-order valence-electron chi connectivity index (χ2n) is 2.32. The van der Waals surface area contributed by atoms with E-state index >= 15 is 0 Å². The van der Waals surface area contributed by atoms with Crippen molar-refractivity contribution in [1.29, 1.82) is 0 Å². The van der Waals surface area contributed by atoms with Crippen LogP contribution in [0.1, 0.15) is 10.4 Å². The van der Waals surface area contributed by atoms with Crippen LogP contribution in [-0.4, -0.2) is 13.0 Å². The first-order valence-electron chi connectivity index (χ1n) is 3.42. The monoisotopic (exact) mass is 184 g/mol. The molecule has 0 heterocycles. The van der Waals surface area contributed by atoms with E-state index in [1.54, 1.807) is 25.2 Å². The van der Waals surface area contributed by atoms with Crippen molar-refractivity contribution in [3.05, 3.63) is 28.8 Å². The molecule has 0 spiro atoms. The molecule has 0 atom stereocenters. The van der Waals surface area contributed by atoms with Crippen LogP contribution in [0.2, 0.25) is 5.02 Å². The van der Waals surface area contributed by atoms with E-state index in [9.17, 15) is 4.79 Å². The minimum absolute atomic E-state index is 0.208. The fourth-order valence-corrected chi connectivity index (χ4v) is 1.12. The Kier molecular flexibility index (Phi) is 2.55. The van der Waals surface area contributed by atoms with Crippen molar-refractivity contribution in [2.45, 2.75) is 0 Å². The van der Waals surface area contributed by atoms with E-state index in [0.717, 1.165) is 0 Å². The Morgan fingerprint density at radius 1 is 1.58 bits per heavy atom. The van der Waals surface area contributed by atoms with Crippen LogP contribution < -0.4 is 11.1 Å². The van der Waals surface area contributed by atoms with Crippen molar-refractivity contribution in [1.82, 2.24) is 5.32 Å². The number of amides is 1.